The van der Waals surface area contributed by atoms with Gasteiger partial charge in [0, 0.05) is 32.7 Å². The Kier molecular flexibility index (Phi) is 5.19. The molecule has 0 aliphatic carbocycles. The summed E-state index contributed by atoms with van der Waals surface area (Å²) >= 11 is 0. The van der Waals surface area contributed by atoms with Crippen LogP contribution in [0.3, 0.4) is 0 Å². The molecule has 0 aromatic rings. The molecule has 0 bridgehead atoms. The quantitative estimate of drug-likeness (QED) is 0.803. The fourth-order valence-corrected chi connectivity index (χ4v) is 4.56. The SMILES string of the molecule is CC1CN(S(=O)(=O)N2CCCCCC2)CC(CN)O1. The first kappa shape index (κ1) is 15.2. The molecule has 2 aliphatic rings. The van der Waals surface area contributed by atoms with Crippen molar-refractivity contribution in [1.29, 1.82) is 0 Å². The van der Waals surface area contributed by atoms with E-state index in [1.54, 1.807) is 8.61 Å². The van der Waals surface area contributed by atoms with Crippen LogP contribution in [-0.2, 0) is 14.9 Å². The summed E-state index contributed by atoms with van der Waals surface area (Å²) in [5.74, 6) is 0. The van der Waals surface area contributed by atoms with Gasteiger partial charge in [-0.3, -0.25) is 0 Å². The zero-order valence-corrected chi connectivity index (χ0v) is 12.4. The Bertz CT molecular complexity index is 380. The highest BCUT2D eigenvalue weighted by molar-refractivity contribution is 7.86. The fraction of sp³-hybridized carbons (Fsp3) is 1.00. The fourth-order valence-electron chi connectivity index (χ4n) is 2.76. The second kappa shape index (κ2) is 6.49. The average Bonchev–Trinajstić information content (AvgIpc) is 2.67. The number of nitrogens with two attached hydrogens (primary N) is 1. The zero-order valence-electron chi connectivity index (χ0n) is 11.6. The van der Waals surface area contributed by atoms with Gasteiger partial charge in [-0.25, -0.2) is 0 Å². The third-order valence-electron chi connectivity index (χ3n) is 3.77. The molecule has 6 nitrogen and oxygen atoms in total. The van der Waals surface area contributed by atoms with Crippen molar-refractivity contribution in [3.05, 3.63) is 0 Å². The van der Waals surface area contributed by atoms with Gasteiger partial charge in [-0.15, -0.1) is 0 Å². The third-order valence-corrected chi connectivity index (χ3v) is 5.74. The molecule has 0 aromatic carbocycles. The Morgan fingerprint density at radius 1 is 1.11 bits per heavy atom. The summed E-state index contributed by atoms with van der Waals surface area (Å²) in [5, 5.41) is 0. The molecule has 2 atom stereocenters. The first-order valence-corrected chi connectivity index (χ1v) is 8.54. The van der Waals surface area contributed by atoms with Gasteiger partial charge in [0.2, 0.25) is 0 Å². The van der Waals surface area contributed by atoms with Crippen molar-refractivity contribution in [2.24, 2.45) is 5.73 Å². The Morgan fingerprint density at radius 2 is 1.74 bits per heavy atom. The molecule has 2 rings (SSSR count). The lowest BCUT2D eigenvalue weighted by Crippen LogP contribution is -2.55. The Hall–Kier alpha value is -0.210. The summed E-state index contributed by atoms with van der Waals surface area (Å²) in [4.78, 5) is 0. The Labute approximate surface area is 116 Å². The summed E-state index contributed by atoms with van der Waals surface area (Å²) < 4.78 is 34.1. The molecular weight excluding hydrogens is 266 g/mol. The minimum atomic E-state index is -3.35. The monoisotopic (exact) mass is 291 g/mol. The number of hydrogen-bond acceptors (Lipinski definition) is 4. The minimum absolute atomic E-state index is 0.0935. The van der Waals surface area contributed by atoms with Crippen LogP contribution in [0.1, 0.15) is 32.6 Å². The van der Waals surface area contributed by atoms with E-state index in [-0.39, 0.29) is 12.2 Å². The molecule has 0 aromatic heterocycles. The number of nitrogens with zero attached hydrogens (tertiary/aromatic N) is 2. The number of morpholine rings is 1. The summed E-state index contributed by atoms with van der Waals surface area (Å²) in [7, 11) is -3.35. The molecule has 2 N–H and O–H groups in total. The molecule has 7 heteroatoms. The summed E-state index contributed by atoms with van der Waals surface area (Å²) in [6.45, 7) is 4.33. The maximum absolute atomic E-state index is 12.7. The van der Waals surface area contributed by atoms with Gasteiger partial charge in [-0.2, -0.15) is 17.0 Å². The molecule has 0 saturated carbocycles. The van der Waals surface area contributed by atoms with Gasteiger partial charge in [0.15, 0.2) is 0 Å². The number of rotatable bonds is 3. The van der Waals surface area contributed by atoms with Crippen LogP contribution >= 0.6 is 0 Å². The topological polar surface area (TPSA) is 75.9 Å². The minimum Gasteiger partial charge on any atom is -0.371 e. The van der Waals surface area contributed by atoms with Crippen LogP contribution in [-0.4, -0.2) is 62.0 Å². The lowest BCUT2D eigenvalue weighted by molar-refractivity contribution is -0.0499. The van der Waals surface area contributed by atoms with Crippen molar-refractivity contribution in [2.45, 2.75) is 44.8 Å². The second-order valence-corrected chi connectivity index (χ2v) is 7.37. The van der Waals surface area contributed by atoms with Crippen molar-refractivity contribution < 1.29 is 13.2 Å². The molecule has 0 radical (unpaired) electrons. The summed E-state index contributed by atoms with van der Waals surface area (Å²) in [5.41, 5.74) is 5.61. The second-order valence-electron chi connectivity index (χ2n) is 5.44. The van der Waals surface area contributed by atoms with Crippen LogP contribution in [0.5, 0.6) is 0 Å². The maximum atomic E-state index is 12.7. The van der Waals surface area contributed by atoms with E-state index in [0.717, 1.165) is 25.7 Å². The van der Waals surface area contributed by atoms with Gasteiger partial charge in [0.1, 0.15) is 0 Å². The smallest absolute Gasteiger partial charge is 0.282 e. The Morgan fingerprint density at radius 3 is 2.32 bits per heavy atom. The van der Waals surface area contributed by atoms with Crippen LogP contribution in [0.25, 0.3) is 0 Å². The van der Waals surface area contributed by atoms with E-state index in [1.165, 1.54) is 0 Å². The van der Waals surface area contributed by atoms with Crippen molar-refractivity contribution in [2.75, 3.05) is 32.7 Å². The van der Waals surface area contributed by atoms with E-state index < -0.39 is 10.2 Å². The van der Waals surface area contributed by atoms with Crippen molar-refractivity contribution in [1.82, 2.24) is 8.61 Å². The highest BCUT2D eigenvalue weighted by Crippen LogP contribution is 2.20. The molecule has 2 fully saturated rings. The molecule has 2 heterocycles. The van der Waals surface area contributed by atoms with Gasteiger partial charge >= 0.3 is 0 Å². The lowest BCUT2D eigenvalue weighted by Gasteiger charge is -2.37. The predicted octanol–water partition coefficient (Wildman–Crippen LogP) is 0.155. The molecule has 2 saturated heterocycles. The van der Waals surface area contributed by atoms with Crippen molar-refractivity contribution in [3.8, 4) is 0 Å². The van der Waals surface area contributed by atoms with Crippen molar-refractivity contribution in [3.63, 3.8) is 0 Å². The van der Waals surface area contributed by atoms with Crippen molar-refractivity contribution >= 4 is 10.2 Å². The normalized spacial score (nSPS) is 32.1. The van der Waals surface area contributed by atoms with E-state index in [4.69, 9.17) is 10.5 Å². The van der Waals surface area contributed by atoms with Crippen LogP contribution in [0.4, 0.5) is 0 Å². The zero-order chi connectivity index (χ0) is 13.9. The van der Waals surface area contributed by atoms with E-state index in [0.29, 0.717) is 32.7 Å². The standard InChI is InChI=1S/C12H25N3O3S/c1-11-9-15(10-12(8-13)18-11)19(16,17)14-6-4-2-3-5-7-14/h11-12H,2-10,13H2,1H3. The van der Waals surface area contributed by atoms with Gasteiger partial charge < -0.3 is 10.5 Å². The van der Waals surface area contributed by atoms with Crippen LogP contribution in [0.15, 0.2) is 0 Å². The maximum Gasteiger partial charge on any atom is 0.282 e. The molecule has 112 valence electrons. The van der Waals surface area contributed by atoms with E-state index in [2.05, 4.69) is 0 Å². The predicted molar refractivity (Wildman–Crippen MR) is 73.9 cm³/mol. The van der Waals surface area contributed by atoms with Crippen LogP contribution in [0.2, 0.25) is 0 Å². The van der Waals surface area contributed by atoms with Gasteiger partial charge in [-0.05, 0) is 19.8 Å². The molecule has 19 heavy (non-hydrogen) atoms. The van der Waals surface area contributed by atoms with Crippen LogP contribution in [0, 0.1) is 0 Å². The number of ether oxygens (including phenoxy) is 1. The van der Waals surface area contributed by atoms with Gasteiger partial charge in [0.25, 0.3) is 10.2 Å². The number of hydrogen-bond donors (Lipinski definition) is 1. The third kappa shape index (κ3) is 3.66. The lowest BCUT2D eigenvalue weighted by atomic mass is 10.2. The summed E-state index contributed by atoms with van der Waals surface area (Å²) in [6.07, 6.45) is 3.88. The van der Waals surface area contributed by atoms with E-state index in [9.17, 15) is 8.42 Å². The first-order valence-electron chi connectivity index (χ1n) is 7.15. The molecule has 0 amide bonds. The van der Waals surface area contributed by atoms with Crippen LogP contribution < -0.4 is 5.73 Å². The van der Waals surface area contributed by atoms with Gasteiger partial charge in [0.05, 0.1) is 12.2 Å². The largest absolute Gasteiger partial charge is 0.371 e. The summed E-state index contributed by atoms with van der Waals surface area (Å²) in [6, 6.07) is 0. The van der Waals surface area contributed by atoms with Gasteiger partial charge in [-0.1, -0.05) is 12.8 Å². The average molecular weight is 291 g/mol. The van der Waals surface area contributed by atoms with E-state index >= 15 is 0 Å². The molecule has 2 unspecified atom stereocenters. The van der Waals surface area contributed by atoms with E-state index in [1.807, 2.05) is 6.92 Å². The molecular formula is C12H25N3O3S. The molecule has 0 spiro atoms. The first-order chi connectivity index (χ1) is 9.04. The Balaban J connectivity index is 2.08. The highest BCUT2D eigenvalue weighted by Gasteiger charge is 2.36. The molecule has 2 aliphatic heterocycles. The highest BCUT2D eigenvalue weighted by atomic mass is 32.2.